The molecule has 2 heterocycles. The summed E-state index contributed by atoms with van der Waals surface area (Å²) in [6, 6.07) is 0. The van der Waals surface area contributed by atoms with Crippen molar-refractivity contribution in [3.8, 4) is 0 Å². The summed E-state index contributed by atoms with van der Waals surface area (Å²) in [6.07, 6.45) is 7.09. The van der Waals surface area contributed by atoms with E-state index in [-0.39, 0.29) is 0 Å². The van der Waals surface area contributed by atoms with Crippen molar-refractivity contribution in [2.24, 2.45) is 0 Å². The summed E-state index contributed by atoms with van der Waals surface area (Å²) in [4.78, 5) is 5.12. The second-order valence-corrected chi connectivity index (χ2v) is 4.94. The second-order valence-electron chi connectivity index (χ2n) is 4.94. The first kappa shape index (κ1) is 13.0. The van der Waals surface area contributed by atoms with Crippen molar-refractivity contribution >= 4 is 0 Å². The Kier molecular flexibility index (Phi) is 5.07. The monoisotopic (exact) mass is 212 g/mol. The lowest BCUT2D eigenvalue weighted by molar-refractivity contribution is 0.00904. The van der Waals surface area contributed by atoms with Crippen LogP contribution >= 0.6 is 0 Å². The number of likely N-dealkylation sites (tertiary alicyclic amines) is 2. The van der Waals surface area contributed by atoms with Crippen molar-refractivity contribution < 1.29 is 0 Å². The first-order valence-corrected chi connectivity index (χ1v) is 6.63. The van der Waals surface area contributed by atoms with Gasteiger partial charge in [0, 0.05) is 12.1 Å². The molecule has 0 aromatic heterocycles. The molecule has 15 heavy (non-hydrogen) atoms. The molecule has 2 nitrogen and oxygen atoms in total. The van der Waals surface area contributed by atoms with Crippen molar-refractivity contribution in [3.05, 3.63) is 0 Å². The molecule has 0 aliphatic carbocycles. The standard InChI is InChI=1S/C11H22N2.C2H6/c1-12-8-5-7-11(10-12)6-3-4-9-13(11)2;1-2/h3-10H2,1-2H3;1-2H3. The van der Waals surface area contributed by atoms with E-state index >= 15 is 0 Å². The minimum Gasteiger partial charge on any atom is -0.305 e. The maximum Gasteiger partial charge on any atom is 0.0333 e. The van der Waals surface area contributed by atoms with Gasteiger partial charge in [-0.05, 0) is 52.9 Å². The van der Waals surface area contributed by atoms with Crippen LogP contribution in [0.2, 0.25) is 0 Å². The summed E-state index contributed by atoms with van der Waals surface area (Å²) in [7, 11) is 4.58. The van der Waals surface area contributed by atoms with Crippen LogP contribution in [0.5, 0.6) is 0 Å². The van der Waals surface area contributed by atoms with E-state index in [1.54, 1.807) is 0 Å². The van der Waals surface area contributed by atoms with Gasteiger partial charge in [-0.1, -0.05) is 20.3 Å². The number of piperidine rings is 2. The average Bonchev–Trinajstić information content (AvgIpc) is 2.26. The molecule has 0 saturated carbocycles. The highest BCUT2D eigenvalue weighted by molar-refractivity contribution is 4.96. The summed E-state index contributed by atoms with van der Waals surface area (Å²) >= 11 is 0. The first-order chi connectivity index (χ1) is 7.23. The molecule has 0 radical (unpaired) electrons. The third-order valence-electron chi connectivity index (χ3n) is 3.94. The molecule has 2 rings (SSSR count). The average molecular weight is 212 g/mol. The number of hydrogen-bond acceptors (Lipinski definition) is 2. The van der Waals surface area contributed by atoms with Crippen LogP contribution in [0, 0.1) is 0 Å². The number of rotatable bonds is 0. The maximum atomic E-state index is 2.62. The molecule has 0 aromatic carbocycles. The number of hydrogen-bond donors (Lipinski definition) is 0. The Morgan fingerprint density at radius 3 is 2.13 bits per heavy atom. The lowest BCUT2D eigenvalue weighted by Crippen LogP contribution is -2.58. The molecule has 2 fully saturated rings. The smallest absolute Gasteiger partial charge is 0.0333 e. The van der Waals surface area contributed by atoms with Crippen LogP contribution in [-0.4, -0.2) is 49.1 Å². The number of likely N-dealkylation sites (N-methyl/N-ethyl adjacent to an activating group) is 2. The molecule has 0 bridgehead atoms. The zero-order valence-electron chi connectivity index (χ0n) is 11.1. The predicted molar refractivity (Wildman–Crippen MR) is 67.3 cm³/mol. The highest BCUT2D eigenvalue weighted by Gasteiger charge is 2.38. The fraction of sp³-hybridized carbons (Fsp3) is 1.00. The molecule has 2 saturated heterocycles. The molecule has 1 unspecified atom stereocenters. The van der Waals surface area contributed by atoms with Gasteiger partial charge >= 0.3 is 0 Å². The molecule has 90 valence electrons. The fourth-order valence-electron chi connectivity index (χ4n) is 3.09. The Bertz CT molecular complexity index is 177. The van der Waals surface area contributed by atoms with Gasteiger partial charge < -0.3 is 4.90 Å². The van der Waals surface area contributed by atoms with Crippen LogP contribution in [0.3, 0.4) is 0 Å². The molecular weight excluding hydrogens is 184 g/mol. The summed E-state index contributed by atoms with van der Waals surface area (Å²) < 4.78 is 0. The van der Waals surface area contributed by atoms with Gasteiger partial charge in [-0.3, -0.25) is 4.90 Å². The van der Waals surface area contributed by atoms with E-state index in [0.717, 1.165) is 0 Å². The Labute approximate surface area is 95.6 Å². The Hall–Kier alpha value is -0.0800. The maximum absolute atomic E-state index is 2.62. The lowest BCUT2D eigenvalue weighted by Gasteiger charge is -2.50. The molecule has 0 amide bonds. The zero-order valence-corrected chi connectivity index (χ0v) is 11.1. The Morgan fingerprint density at radius 1 is 0.867 bits per heavy atom. The van der Waals surface area contributed by atoms with Crippen LogP contribution in [0.25, 0.3) is 0 Å². The zero-order chi connectivity index (χ0) is 11.3. The minimum absolute atomic E-state index is 0.547. The normalized spacial score (nSPS) is 33.6. The van der Waals surface area contributed by atoms with Crippen molar-refractivity contribution in [2.45, 2.75) is 51.5 Å². The van der Waals surface area contributed by atoms with Crippen LogP contribution in [0.1, 0.15) is 46.0 Å². The molecular formula is C13H28N2. The van der Waals surface area contributed by atoms with E-state index < -0.39 is 0 Å². The predicted octanol–water partition coefficient (Wildman–Crippen LogP) is 2.59. The van der Waals surface area contributed by atoms with Crippen LogP contribution < -0.4 is 0 Å². The largest absolute Gasteiger partial charge is 0.305 e. The molecule has 2 aliphatic rings. The number of nitrogens with zero attached hydrogens (tertiary/aromatic N) is 2. The van der Waals surface area contributed by atoms with Crippen molar-refractivity contribution in [3.63, 3.8) is 0 Å². The molecule has 1 spiro atoms. The van der Waals surface area contributed by atoms with Crippen LogP contribution in [0.15, 0.2) is 0 Å². The Morgan fingerprint density at radius 2 is 1.53 bits per heavy atom. The molecule has 0 aromatic rings. The quantitative estimate of drug-likeness (QED) is 0.609. The molecule has 0 N–H and O–H groups in total. The van der Waals surface area contributed by atoms with Gasteiger partial charge in [-0.25, -0.2) is 0 Å². The minimum atomic E-state index is 0.547. The van der Waals surface area contributed by atoms with E-state index in [0.29, 0.717) is 5.54 Å². The van der Waals surface area contributed by atoms with E-state index in [1.807, 2.05) is 13.8 Å². The Balaban J connectivity index is 0.000000531. The SMILES string of the molecule is CC.CN1CCCC2(CCCCN2C)C1. The third kappa shape index (κ3) is 2.94. The summed E-state index contributed by atoms with van der Waals surface area (Å²) in [5.41, 5.74) is 0.547. The van der Waals surface area contributed by atoms with Crippen molar-refractivity contribution in [1.82, 2.24) is 9.80 Å². The van der Waals surface area contributed by atoms with Crippen LogP contribution in [-0.2, 0) is 0 Å². The second kappa shape index (κ2) is 5.86. The van der Waals surface area contributed by atoms with Crippen molar-refractivity contribution in [1.29, 1.82) is 0 Å². The fourth-order valence-corrected chi connectivity index (χ4v) is 3.09. The lowest BCUT2D eigenvalue weighted by atomic mass is 9.80. The van der Waals surface area contributed by atoms with E-state index in [1.165, 1.54) is 51.7 Å². The van der Waals surface area contributed by atoms with Gasteiger partial charge in [0.1, 0.15) is 0 Å². The van der Waals surface area contributed by atoms with Gasteiger partial charge in [0.15, 0.2) is 0 Å². The van der Waals surface area contributed by atoms with Gasteiger partial charge in [0.2, 0.25) is 0 Å². The van der Waals surface area contributed by atoms with Crippen molar-refractivity contribution in [2.75, 3.05) is 33.7 Å². The third-order valence-corrected chi connectivity index (χ3v) is 3.94. The van der Waals surface area contributed by atoms with Gasteiger partial charge in [-0.15, -0.1) is 0 Å². The van der Waals surface area contributed by atoms with Gasteiger partial charge in [0.05, 0.1) is 0 Å². The first-order valence-electron chi connectivity index (χ1n) is 6.63. The van der Waals surface area contributed by atoms with Crippen LogP contribution in [0.4, 0.5) is 0 Å². The summed E-state index contributed by atoms with van der Waals surface area (Å²) in [6.45, 7) is 7.91. The van der Waals surface area contributed by atoms with E-state index in [2.05, 4.69) is 23.9 Å². The molecule has 1 atom stereocenters. The molecule has 2 heteroatoms. The topological polar surface area (TPSA) is 6.48 Å². The molecule has 2 aliphatic heterocycles. The van der Waals surface area contributed by atoms with E-state index in [9.17, 15) is 0 Å². The highest BCUT2D eigenvalue weighted by Crippen LogP contribution is 2.34. The summed E-state index contributed by atoms with van der Waals surface area (Å²) in [5, 5.41) is 0. The van der Waals surface area contributed by atoms with Gasteiger partial charge in [-0.2, -0.15) is 0 Å². The van der Waals surface area contributed by atoms with Gasteiger partial charge in [0.25, 0.3) is 0 Å². The van der Waals surface area contributed by atoms with E-state index in [4.69, 9.17) is 0 Å². The summed E-state index contributed by atoms with van der Waals surface area (Å²) in [5.74, 6) is 0. The highest BCUT2D eigenvalue weighted by atomic mass is 15.2.